The first-order valence-electron chi connectivity index (χ1n) is 3.44. The molecule has 0 amide bonds. The Kier molecular flexibility index (Phi) is 2.71. The molecule has 10 heavy (non-hydrogen) atoms. The van der Waals surface area contributed by atoms with E-state index < -0.39 is 0 Å². The zero-order valence-electron chi connectivity index (χ0n) is 5.96. The van der Waals surface area contributed by atoms with Gasteiger partial charge in [-0.1, -0.05) is 36.4 Å². The Balaban J connectivity index is 2.67. The van der Waals surface area contributed by atoms with E-state index in [0.717, 1.165) is 6.54 Å². The first-order valence-corrected chi connectivity index (χ1v) is 3.44. The van der Waals surface area contributed by atoms with E-state index >= 15 is 0 Å². The third kappa shape index (κ3) is 2.03. The lowest BCUT2D eigenvalue weighted by molar-refractivity contribution is -0.352. The van der Waals surface area contributed by atoms with Crippen molar-refractivity contribution in [1.82, 2.24) is 0 Å². The zero-order chi connectivity index (χ0) is 7.23. The fourth-order valence-corrected chi connectivity index (χ4v) is 0.784. The summed E-state index contributed by atoms with van der Waals surface area (Å²) in [5.41, 5.74) is 4.96. The Bertz CT molecular complexity index is 201. The highest BCUT2D eigenvalue weighted by Crippen LogP contribution is 1.99. The van der Waals surface area contributed by atoms with Gasteiger partial charge in [0.2, 0.25) is 0 Å². The van der Waals surface area contributed by atoms with E-state index in [4.69, 9.17) is 0 Å². The van der Waals surface area contributed by atoms with Crippen molar-refractivity contribution in [2.45, 2.75) is 0 Å². The van der Waals surface area contributed by atoms with Crippen LogP contribution in [0.4, 0.5) is 0 Å². The molecule has 1 rings (SSSR count). The van der Waals surface area contributed by atoms with Gasteiger partial charge in [-0.15, -0.1) is 0 Å². The van der Waals surface area contributed by atoms with E-state index in [1.165, 1.54) is 5.56 Å². The van der Waals surface area contributed by atoms with Gasteiger partial charge in [0.05, 0.1) is 6.54 Å². The van der Waals surface area contributed by atoms with Crippen LogP contribution in [-0.4, -0.2) is 6.54 Å². The molecule has 0 fully saturated rings. The normalized spacial score (nSPS) is 10.5. The summed E-state index contributed by atoms with van der Waals surface area (Å²) in [4.78, 5) is 0. The number of hydrogen-bond acceptors (Lipinski definition) is 0. The van der Waals surface area contributed by atoms with E-state index in [0.29, 0.717) is 0 Å². The Hall–Kier alpha value is -1.08. The molecule has 0 heterocycles. The van der Waals surface area contributed by atoms with Crippen LogP contribution < -0.4 is 5.73 Å². The van der Waals surface area contributed by atoms with Crippen molar-refractivity contribution in [2.24, 2.45) is 0 Å². The average Bonchev–Trinajstić information content (AvgIpc) is 2.03. The van der Waals surface area contributed by atoms with E-state index in [1.807, 2.05) is 18.2 Å². The van der Waals surface area contributed by atoms with Gasteiger partial charge in [0.1, 0.15) is 0 Å². The minimum atomic E-state index is 0.856. The fourth-order valence-electron chi connectivity index (χ4n) is 0.784. The molecule has 1 aromatic rings. The molecule has 1 aromatic carbocycles. The highest BCUT2D eigenvalue weighted by molar-refractivity contribution is 5.48. The SMILES string of the molecule is [NH3+]C/C=C/c1ccccc1. The molecule has 0 aromatic heterocycles. The van der Waals surface area contributed by atoms with Crippen molar-refractivity contribution < 1.29 is 5.73 Å². The molecule has 1 heteroatoms. The molecule has 0 aliphatic heterocycles. The van der Waals surface area contributed by atoms with Gasteiger partial charge in [0.25, 0.3) is 0 Å². The van der Waals surface area contributed by atoms with Crippen LogP contribution in [0.5, 0.6) is 0 Å². The molecule has 0 spiro atoms. The summed E-state index contributed by atoms with van der Waals surface area (Å²) in [6.07, 6.45) is 4.13. The average molecular weight is 134 g/mol. The Morgan fingerprint density at radius 3 is 2.50 bits per heavy atom. The maximum absolute atomic E-state index is 3.71. The van der Waals surface area contributed by atoms with Crippen molar-refractivity contribution in [2.75, 3.05) is 6.54 Å². The summed E-state index contributed by atoms with van der Waals surface area (Å²) >= 11 is 0. The lowest BCUT2D eigenvalue weighted by Gasteiger charge is -1.87. The van der Waals surface area contributed by atoms with Gasteiger partial charge < -0.3 is 5.73 Å². The van der Waals surface area contributed by atoms with E-state index in [-0.39, 0.29) is 0 Å². The predicted octanol–water partition coefficient (Wildman–Crippen LogP) is 0.942. The summed E-state index contributed by atoms with van der Waals surface area (Å²) < 4.78 is 0. The molecule has 3 N–H and O–H groups in total. The van der Waals surface area contributed by atoms with E-state index in [9.17, 15) is 0 Å². The van der Waals surface area contributed by atoms with Gasteiger partial charge in [-0.2, -0.15) is 0 Å². The maximum atomic E-state index is 3.71. The molecule has 0 atom stereocenters. The first kappa shape index (κ1) is 7.03. The molecule has 0 bridgehead atoms. The van der Waals surface area contributed by atoms with Crippen molar-refractivity contribution in [3.63, 3.8) is 0 Å². The first-order chi connectivity index (χ1) is 4.93. The minimum Gasteiger partial charge on any atom is -0.354 e. The third-order valence-electron chi connectivity index (χ3n) is 1.28. The fraction of sp³-hybridized carbons (Fsp3) is 0.111. The topological polar surface area (TPSA) is 27.6 Å². The molecular weight excluding hydrogens is 122 g/mol. The molecular formula is C9H12N+. The number of hydrogen-bond donors (Lipinski definition) is 1. The molecule has 52 valence electrons. The Labute approximate surface area is 61.2 Å². The smallest absolute Gasteiger partial charge is 0.0930 e. The van der Waals surface area contributed by atoms with Gasteiger partial charge in [0.15, 0.2) is 0 Å². The van der Waals surface area contributed by atoms with Crippen LogP contribution in [0, 0.1) is 0 Å². The predicted molar refractivity (Wildman–Crippen MR) is 43.2 cm³/mol. The lowest BCUT2D eigenvalue weighted by Crippen LogP contribution is -2.48. The molecule has 1 nitrogen and oxygen atoms in total. The van der Waals surface area contributed by atoms with Crippen LogP contribution in [0.3, 0.4) is 0 Å². The van der Waals surface area contributed by atoms with Crippen molar-refractivity contribution in [3.8, 4) is 0 Å². The summed E-state index contributed by atoms with van der Waals surface area (Å²) in [5, 5.41) is 0. The van der Waals surface area contributed by atoms with Crippen LogP contribution in [0.1, 0.15) is 5.56 Å². The largest absolute Gasteiger partial charge is 0.354 e. The highest BCUT2D eigenvalue weighted by Gasteiger charge is 1.79. The van der Waals surface area contributed by atoms with Crippen molar-refractivity contribution in [3.05, 3.63) is 42.0 Å². The lowest BCUT2D eigenvalue weighted by atomic mass is 10.2. The Morgan fingerprint density at radius 1 is 1.20 bits per heavy atom. The maximum Gasteiger partial charge on any atom is 0.0930 e. The summed E-state index contributed by atoms with van der Waals surface area (Å²) in [6, 6.07) is 10.2. The van der Waals surface area contributed by atoms with Gasteiger partial charge in [-0.25, -0.2) is 0 Å². The van der Waals surface area contributed by atoms with Gasteiger partial charge in [-0.3, -0.25) is 0 Å². The molecule has 0 aliphatic carbocycles. The van der Waals surface area contributed by atoms with Crippen molar-refractivity contribution in [1.29, 1.82) is 0 Å². The zero-order valence-corrected chi connectivity index (χ0v) is 5.96. The van der Waals surface area contributed by atoms with Crippen LogP contribution in [0.15, 0.2) is 36.4 Å². The van der Waals surface area contributed by atoms with Gasteiger partial charge >= 0.3 is 0 Å². The van der Waals surface area contributed by atoms with Crippen LogP contribution in [0.25, 0.3) is 6.08 Å². The molecule has 0 saturated heterocycles. The number of benzene rings is 1. The number of quaternary nitrogens is 1. The van der Waals surface area contributed by atoms with E-state index in [2.05, 4.69) is 30.0 Å². The number of rotatable bonds is 2. The monoisotopic (exact) mass is 134 g/mol. The summed E-state index contributed by atoms with van der Waals surface area (Å²) in [6.45, 7) is 0.856. The van der Waals surface area contributed by atoms with Crippen LogP contribution >= 0.6 is 0 Å². The molecule has 0 saturated carbocycles. The van der Waals surface area contributed by atoms with Gasteiger partial charge in [0, 0.05) is 0 Å². The molecule has 0 unspecified atom stereocenters. The highest BCUT2D eigenvalue weighted by atomic mass is 14.5. The Morgan fingerprint density at radius 2 is 1.90 bits per heavy atom. The van der Waals surface area contributed by atoms with E-state index in [1.54, 1.807) is 0 Å². The second-order valence-electron chi connectivity index (χ2n) is 2.10. The van der Waals surface area contributed by atoms with Crippen molar-refractivity contribution >= 4 is 6.08 Å². The molecule has 0 radical (unpaired) electrons. The van der Waals surface area contributed by atoms with Crippen LogP contribution in [-0.2, 0) is 0 Å². The van der Waals surface area contributed by atoms with Gasteiger partial charge in [-0.05, 0) is 11.6 Å². The summed E-state index contributed by atoms with van der Waals surface area (Å²) in [7, 11) is 0. The van der Waals surface area contributed by atoms with Crippen LogP contribution in [0.2, 0.25) is 0 Å². The third-order valence-corrected chi connectivity index (χ3v) is 1.28. The minimum absolute atomic E-state index is 0.856. The second kappa shape index (κ2) is 3.85. The summed E-state index contributed by atoms with van der Waals surface area (Å²) in [5.74, 6) is 0. The standard InChI is InChI=1S/C9H11N/c10-8-4-7-9-5-2-1-3-6-9/h1-7H,8,10H2/p+1/b7-4+. The second-order valence-corrected chi connectivity index (χ2v) is 2.10. The molecule has 0 aliphatic rings. The quantitative estimate of drug-likeness (QED) is 0.623.